The van der Waals surface area contributed by atoms with E-state index in [0.29, 0.717) is 15.9 Å². The maximum absolute atomic E-state index is 13.5. The third-order valence-electron chi connectivity index (χ3n) is 5.10. The Morgan fingerprint density at radius 3 is 2.52 bits per heavy atom. The highest BCUT2D eigenvalue weighted by molar-refractivity contribution is 9.10. The van der Waals surface area contributed by atoms with Crippen LogP contribution < -0.4 is 10.9 Å². The second kappa shape index (κ2) is 8.64. The molecule has 4 rings (SSSR count). The van der Waals surface area contributed by atoms with Gasteiger partial charge in [0.15, 0.2) is 0 Å². The Morgan fingerprint density at radius 2 is 1.87 bits per heavy atom. The van der Waals surface area contributed by atoms with Crippen molar-refractivity contribution < 1.29 is 9.90 Å². The van der Waals surface area contributed by atoms with E-state index in [0.717, 1.165) is 26.9 Å². The van der Waals surface area contributed by atoms with E-state index in [4.69, 9.17) is 0 Å². The normalized spacial score (nSPS) is 12.1. The van der Waals surface area contributed by atoms with E-state index >= 15 is 0 Å². The molecule has 1 amide bonds. The fraction of sp³-hybridized carbons (Fsp3) is 0.174. The Labute approximate surface area is 191 Å². The number of aromatic hydroxyl groups is 1. The molecular weight excluding hydrogens is 478 g/mol. The Bertz CT molecular complexity index is 1310. The third-order valence-corrected chi connectivity index (χ3v) is 6.87. The molecule has 158 valence electrons. The number of hydrogen-bond acceptors (Lipinski definition) is 5. The lowest BCUT2D eigenvalue weighted by Gasteiger charge is -2.15. The first-order valence-electron chi connectivity index (χ1n) is 9.77. The standard InChI is InChI=1S/C23H20BrN3O3S/c1-3-18-19(14-4-6-15(24)7-5-14)20-22(31-18)25-12-27(23(20)30)13(2)21(29)26-16-8-10-17(28)11-9-16/h4-13,28H,3H2,1-2H3,(H,26,29). The van der Waals surface area contributed by atoms with Crippen molar-refractivity contribution in [2.45, 2.75) is 26.3 Å². The van der Waals surface area contributed by atoms with Crippen LogP contribution in [0, 0.1) is 0 Å². The average molecular weight is 498 g/mol. The van der Waals surface area contributed by atoms with Crippen LogP contribution in [0.4, 0.5) is 5.69 Å². The number of amides is 1. The molecule has 1 unspecified atom stereocenters. The molecule has 0 aliphatic heterocycles. The van der Waals surface area contributed by atoms with Crippen molar-refractivity contribution in [3.63, 3.8) is 0 Å². The Morgan fingerprint density at radius 1 is 1.19 bits per heavy atom. The van der Waals surface area contributed by atoms with E-state index in [2.05, 4.69) is 33.2 Å². The minimum atomic E-state index is -0.763. The highest BCUT2D eigenvalue weighted by Gasteiger charge is 2.22. The molecule has 0 fully saturated rings. The molecule has 0 radical (unpaired) electrons. The van der Waals surface area contributed by atoms with Gasteiger partial charge in [0.2, 0.25) is 5.91 Å². The van der Waals surface area contributed by atoms with Gasteiger partial charge in [-0.1, -0.05) is 35.0 Å². The predicted octanol–water partition coefficient (Wildman–Crippen LogP) is 5.36. The van der Waals surface area contributed by atoms with Crippen molar-refractivity contribution in [2.75, 3.05) is 5.32 Å². The van der Waals surface area contributed by atoms with Crippen molar-refractivity contribution in [1.82, 2.24) is 9.55 Å². The van der Waals surface area contributed by atoms with Gasteiger partial charge in [-0.05, 0) is 55.3 Å². The molecule has 0 spiro atoms. The number of carbonyl (C=O) groups is 1. The molecule has 2 heterocycles. The number of nitrogens with one attached hydrogen (secondary N) is 1. The number of aryl methyl sites for hydroxylation is 1. The number of aromatic nitrogens is 2. The van der Waals surface area contributed by atoms with Crippen LogP contribution in [-0.2, 0) is 11.2 Å². The van der Waals surface area contributed by atoms with E-state index in [1.54, 1.807) is 19.1 Å². The predicted molar refractivity (Wildman–Crippen MR) is 128 cm³/mol. The van der Waals surface area contributed by atoms with E-state index in [9.17, 15) is 14.7 Å². The summed E-state index contributed by atoms with van der Waals surface area (Å²) in [6.07, 6.45) is 2.22. The fourth-order valence-electron chi connectivity index (χ4n) is 3.42. The second-order valence-corrected chi connectivity index (χ2v) is 9.11. The number of phenols is 1. The lowest BCUT2D eigenvalue weighted by Crippen LogP contribution is -2.31. The Kier molecular flexibility index (Phi) is 5.93. The molecule has 2 aromatic heterocycles. The largest absolute Gasteiger partial charge is 0.508 e. The highest BCUT2D eigenvalue weighted by atomic mass is 79.9. The topological polar surface area (TPSA) is 84.2 Å². The number of anilines is 1. The summed E-state index contributed by atoms with van der Waals surface area (Å²) in [5.41, 5.74) is 2.13. The highest BCUT2D eigenvalue weighted by Crippen LogP contribution is 2.37. The lowest BCUT2D eigenvalue weighted by atomic mass is 10.0. The molecule has 6 nitrogen and oxygen atoms in total. The minimum absolute atomic E-state index is 0.113. The van der Waals surface area contributed by atoms with Crippen molar-refractivity contribution in [1.29, 1.82) is 0 Å². The molecule has 0 saturated carbocycles. The first kappa shape index (κ1) is 21.3. The number of thiophene rings is 1. The van der Waals surface area contributed by atoms with Gasteiger partial charge in [-0.2, -0.15) is 0 Å². The van der Waals surface area contributed by atoms with Gasteiger partial charge < -0.3 is 10.4 Å². The monoisotopic (exact) mass is 497 g/mol. The number of fused-ring (bicyclic) bond motifs is 1. The first-order valence-corrected chi connectivity index (χ1v) is 11.4. The summed E-state index contributed by atoms with van der Waals surface area (Å²) in [4.78, 5) is 32.5. The SMILES string of the molecule is CCc1sc2ncn(C(C)C(=O)Nc3ccc(O)cc3)c(=O)c2c1-c1ccc(Br)cc1. The van der Waals surface area contributed by atoms with Crippen molar-refractivity contribution in [2.24, 2.45) is 0 Å². The number of nitrogens with zero attached hydrogens (tertiary/aromatic N) is 2. The number of carbonyl (C=O) groups excluding carboxylic acids is 1. The zero-order valence-electron chi connectivity index (χ0n) is 16.9. The van der Waals surface area contributed by atoms with Crippen LogP contribution in [0.3, 0.4) is 0 Å². The van der Waals surface area contributed by atoms with Crippen molar-refractivity contribution in [3.05, 3.63) is 74.6 Å². The quantitative estimate of drug-likeness (QED) is 0.363. The van der Waals surface area contributed by atoms with Gasteiger partial charge in [0.1, 0.15) is 16.6 Å². The Hall–Kier alpha value is -2.97. The number of hydrogen-bond donors (Lipinski definition) is 2. The first-order chi connectivity index (χ1) is 14.9. The summed E-state index contributed by atoms with van der Waals surface area (Å²) >= 11 is 4.96. The van der Waals surface area contributed by atoms with Crippen LogP contribution >= 0.6 is 27.3 Å². The average Bonchev–Trinajstić information content (AvgIpc) is 3.15. The summed E-state index contributed by atoms with van der Waals surface area (Å²) < 4.78 is 2.33. The summed E-state index contributed by atoms with van der Waals surface area (Å²) in [5.74, 6) is -0.230. The van der Waals surface area contributed by atoms with E-state index in [1.807, 2.05) is 24.3 Å². The van der Waals surface area contributed by atoms with Gasteiger partial charge in [-0.3, -0.25) is 14.2 Å². The van der Waals surface area contributed by atoms with Crippen LogP contribution in [0.2, 0.25) is 0 Å². The molecule has 2 N–H and O–H groups in total. The Balaban J connectivity index is 1.77. The van der Waals surface area contributed by atoms with Crippen LogP contribution in [0.5, 0.6) is 5.75 Å². The van der Waals surface area contributed by atoms with Gasteiger partial charge in [0, 0.05) is 20.6 Å². The molecule has 2 aromatic carbocycles. The molecule has 31 heavy (non-hydrogen) atoms. The molecule has 0 aliphatic rings. The van der Waals surface area contributed by atoms with Gasteiger partial charge in [0.25, 0.3) is 5.56 Å². The summed E-state index contributed by atoms with van der Waals surface area (Å²) in [6, 6.07) is 13.3. The summed E-state index contributed by atoms with van der Waals surface area (Å²) in [5, 5.41) is 12.7. The lowest BCUT2D eigenvalue weighted by molar-refractivity contribution is -0.118. The van der Waals surface area contributed by atoms with E-state index in [-0.39, 0.29) is 17.2 Å². The molecular formula is C23H20BrN3O3S. The molecule has 4 aromatic rings. The van der Waals surface area contributed by atoms with Crippen LogP contribution in [0.15, 0.2) is 64.1 Å². The molecule has 8 heteroatoms. The van der Waals surface area contributed by atoms with Gasteiger partial charge >= 0.3 is 0 Å². The van der Waals surface area contributed by atoms with Crippen LogP contribution in [0.1, 0.15) is 24.8 Å². The smallest absolute Gasteiger partial charge is 0.263 e. The molecule has 0 aliphatic carbocycles. The third kappa shape index (κ3) is 4.13. The second-order valence-electron chi connectivity index (χ2n) is 7.11. The minimum Gasteiger partial charge on any atom is -0.508 e. The molecule has 0 saturated heterocycles. The van der Waals surface area contributed by atoms with Gasteiger partial charge in [-0.15, -0.1) is 11.3 Å². The fourth-order valence-corrected chi connectivity index (χ4v) is 4.77. The van der Waals surface area contributed by atoms with Crippen molar-refractivity contribution in [3.8, 4) is 16.9 Å². The number of rotatable bonds is 5. The zero-order chi connectivity index (χ0) is 22.1. The molecule has 1 atom stereocenters. The molecule has 0 bridgehead atoms. The maximum Gasteiger partial charge on any atom is 0.263 e. The van der Waals surface area contributed by atoms with E-state index < -0.39 is 6.04 Å². The maximum atomic E-state index is 13.5. The van der Waals surface area contributed by atoms with E-state index in [1.165, 1.54) is 34.4 Å². The number of phenolic OH excluding ortho intramolecular Hbond substituents is 1. The zero-order valence-corrected chi connectivity index (χ0v) is 19.3. The number of benzene rings is 2. The van der Waals surface area contributed by atoms with Crippen LogP contribution in [0.25, 0.3) is 21.3 Å². The van der Waals surface area contributed by atoms with Crippen molar-refractivity contribution >= 4 is 49.1 Å². The summed E-state index contributed by atoms with van der Waals surface area (Å²) in [7, 11) is 0. The number of halogens is 1. The van der Waals surface area contributed by atoms with Crippen LogP contribution in [-0.4, -0.2) is 20.6 Å². The van der Waals surface area contributed by atoms with Gasteiger partial charge in [0.05, 0.1) is 11.7 Å². The summed E-state index contributed by atoms with van der Waals surface area (Å²) in [6.45, 7) is 3.72. The van der Waals surface area contributed by atoms with Gasteiger partial charge in [-0.25, -0.2) is 4.98 Å².